The zero-order valence-electron chi connectivity index (χ0n) is 17.8. The van der Waals surface area contributed by atoms with E-state index in [1.165, 1.54) is 6.26 Å². The van der Waals surface area contributed by atoms with Crippen LogP contribution in [0.3, 0.4) is 0 Å². The van der Waals surface area contributed by atoms with Gasteiger partial charge >= 0.3 is 0 Å². The monoisotopic (exact) mass is 511 g/mol. The van der Waals surface area contributed by atoms with Crippen molar-refractivity contribution < 1.29 is 8.42 Å². The van der Waals surface area contributed by atoms with Crippen molar-refractivity contribution in [1.82, 2.24) is 19.6 Å². The number of pyridine rings is 1. The maximum Gasteiger partial charge on any atom is 0.187 e. The number of fused-ring (bicyclic) bond motifs is 1. The van der Waals surface area contributed by atoms with Gasteiger partial charge in [0.1, 0.15) is 5.65 Å². The maximum atomic E-state index is 11.8. The number of rotatable bonds is 4. The average Bonchev–Trinajstić information content (AvgIpc) is 3.45. The lowest BCUT2D eigenvalue weighted by Gasteiger charge is -2.08. The third-order valence-corrected chi connectivity index (χ3v) is 6.45. The van der Waals surface area contributed by atoms with Crippen LogP contribution in [-0.4, -0.2) is 34.3 Å². The molecule has 172 valence electrons. The van der Waals surface area contributed by atoms with Crippen LogP contribution >= 0.6 is 24.8 Å². The van der Waals surface area contributed by atoms with Crippen molar-refractivity contribution >= 4 is 46.0 Å². The molecule has 0 aliphatic carbocycles. The number of benzene rings is 2. The third kappa shape index (κ3) is 4.54. The molecule has 5 rings (SSSR count). The Morgan fingerprint density at radius 1 is 0.882 bits per heavy atom. The van der Waals surface area contributed by atoms with Crippen molar-refractivity contribution in [2.75, 3.05) is 6.26 Å². The first-order chi connectivity index (χ1) is 15.4. The largest absolute Gasteiger partial charge is 0.299 e. The fourth-order valence-corrected chi connectivity index (χ4v) is 4.28. The van der Waals surface area contributed by atoms with Gasteiger partial charge in [-0.15, -0.1) is 24.8 Å². The lowest BCUT2D eigenvalue weighted by molar-refractivity contribution is 0.602. The molecule has 3 aromatic heterocycles. The van der Waals surface area contributed by atoms with E-state index in [-0.39, 0.29) is 29.7 Å². The second-order valence-corrected chi connectivity index (χ2v) is 9.42. The molecule has 10 heteroatoms. The molecule has 0 spiro atoms. The summed E-state index contributed by atoms with van der Waals surface area (Å²) in [4.78, 5) is 8.21. The molecule has 1 N–H and O–H groups in total. The maximum absolute atomic E-state index is 11.8. The summed E-state index contributed by atoms with van der Waals surface area (Å²) >= 11 is 0. The lowest BCUT2D eigenvalue weighted by atomic mass is 10.0. The Morgan fingerprint density at radius 3 is 2.18 bits per heavy atom. The minimum atomic E-state index is -3.26. The van der Waals surface area contributed by atoms with Gasteiger partial charge in [0.2, 0.25) is 0 Å². The molecule has 34 heavy (non-hydrogen) atoms. The smallest absolute Gasteiger partial charge is 0.187 e. The molecule has 0 amide bonds. The summed E-state index contributed by atoms with van der Waals surface area (Å²) < 4.78 is 25.5. The second-order valence-electron chi connectivity index (χ2n) is 7.40. The summed E-state index contributed by atoms with van der Waals surface area (Å²) in [6.45, 7) is 7.13. The van der Waals surface area contributed by atoms with E-state index in [0.717, 1.165) is 39.3 Å². The highest BCUT2D eigenvalue weighted by Crippen LogP contribution is 2.32. The molecule has 0 atom stereocenters. The summed E-state index contributed by atoms with van der Waals surface area (Å²) in [5.41, 5.74) is 6.74. The van der Waals surface area contributed by atoms with Crippen molar-refractivity contribution in [2.24, 2.45) is 0 Å². The number of aromatic amines is 1. The molecule has 7 nitrogen and oxygen atoms in total. The molecule has 2 aromatic carbocycles. The third-order valence-electron chi connectivity index (χ3n) is 5.32. The minimum absolute atomic E-state index is 0. The van der Waals surface area contributed by atoms with Gasteiger partial charge in [-0.1, -0.05) is 36.4 Å². The van der Waals surface area contributed by atoms with Crippen LogP contribution in [0.2, 0.25) is 0 Å². The highest BCUT2D eigenvalue weighted by atomic mass is 35.5. The number of aromatic nitrogens is 4. The van der Waals surface area contributed by atoms with Gasteiger partial charge in [0.15, 0.2) is 15.5 Å². The Labute approximate surface area is 209 Å². The molecular weight excluding hydrogens is 493 g/mol. The van der Waals surface area contributed by atoms with Crippen molar-refractivity contribution in [3.63, 3.8) is 0 Å². The molecule has 0 saturated heterocycles. The Morgan fingerprint density at radius 2 is 1.53 bits per heavy atom. The van der Waals surface area contributed by atoms with Gasteiger partial charge in [-0.25, -0.2) is 18.2 Å². The molecule has 0 aliphatic rings. The molecule has 0 bridgehead atoms. The van der Waals surface area contributed by atoms with Crippen LogP contribution in [0.4, 0.5) is 5.69 Å². The predicted octanol–water partition coefficient (Wildman–Crippen LogP) is 5.86. The van der Waals surface area contributed by atoms with Crippen LogP contribution in [0.15, 0.2) is 84.1 Å². The minimum Gasteiger partial charge on any atom is -0.299 e. The van der Waals surface area contributed by atoms with Crippen molar-refractivity contribution in [3.05, 3.63) is 90.7 Å². The molecular formula is C24H19Cl2N5O2S. The molecule has 0 unspecified atom stereocenters. The number of sulfone groups is 1. The van der Waals surface area contributed by atoms with Gasteiger partial charge in [0, 0.05) is 29.1 Å². The second kappa shape index (κ2) is 9.69. The zero-order valence-corrected chi connectivity index (χ0v) is 20.3. The topological polar surface area (TPSA) is 84.5 Å². The zero-order chi connectivity index (χ0) is 22.3. The molecule has 0 radical (unpaired) electrons. The number of nitrogens with zero attached hydrogens (tertiary/aromatic N) is 4. The van der Waals surface area contributed by atoms with Crippen LogP contribution in [0.5, 0.6) is 0 Å². The highest BCUT2D eigenvalue weighted by molar-refractivity contribution is 7.90. The Balaban J connectivity index is 0.00000162. The van der Waals surface area contributed by atoms with E-state index in [1.807, 2.05) is 41.1 Å². The number of imidazole rings is 1. The van der Waals surface area contributed by atoms with Crippen LogP contribution < -0.4 is 0 Å². The van der Waals surface area contributed by atoms with Gasteiger partial charge in [0.25, 0.3) is 0 Å². The number of hydrogen-bond acceptors (Lipinski definition) is 4. The summed E-state index contributed by atoms with van der Waals surface area (Å²) in [7, 11) is -3.26. The van der Waals surface area contributed by atoms with Gasteiger partial charge in [-0.2, -0.15) is 5.10 Å². The highest BCUT2D eigenvalue weighted by Gasteiger charge is 2.14. The van der Waals surface area contributed by atoms with Gasteiger partial charge in [-0.3, -0.25) is 9.50 Å². The number of nitrogens with one attached hydrogen (secondary N) is 1. The van der Waals surface area contributed by atoms with Crippen molar-refractivity contribution in [1.29, 1.82) is 0 Å². The van der Waals surface area contributed by atoms with Crippen LogP contribution in [0.1, 0.15) is 0 Å². The van der Waals surface area contributed by atoms with E-state index in [2.05, 4.69) is 20.0 Å². The van der Waals surface area contributed by atoms with E-state index < -0.39 is 9.84 Å². The number of hydrogen-bond donors (Lipinski definition) is 1. The van der Waals surface area contributed by atoms with Crippen LogP contribution in [-0.2, 0) is 9.84 Å². The first-order valence-corrected chi connectivity index (χ1v) is 11.6. The van der Waals surface area contributed by atoms with E-state index in [9.17, 15) is 8.42 Å². The van der Waals surface area contributed by atoms with Gasteiger partial charge in [0.05, 0.1) is 35.2 Å². The van der Waals surface area contributed by atoms with Gasteiger partial charge in [-0.05, 0) is 29.8 Å². The average molecular weight is 512 g/mol. The molecule has 0 aliphatic heterocycles. The van der Waals surface area contributed by atoms with E-state index in [4.69, 9.17) is 6.57 Å². The van der Waals surface area contributed by atoms with E-state index in [0.29, 0.717) is 5.69 Å². The first-order valence-electron chi connectivity index (χ1n) is 9.73. The summed E-state index contributed by atoms with van der Waals surface area (Å²) in [5, 5.41) is 7.24. The molecule has 5 aromatic rings. The predicted molar refractivity (Wildman–Crippen MR) is 138 cm³/mol. The SMILES string of the molecule is Cl.Cl.[C-]#[N+]c1ccc(-c2cnc3ccc(-c4cn[nH]c4-c4ccc(S(C)(=O)=O)cc4)cn23)cc1. The number of H-pyrrole nitrogens is 1. The standard InChI is InChI=1S/C24H17N5O2S.2ClH/c1-25-19-8-3-16(4-9-19)22-14-26-23-12-7-18(15-29(22)23)21-13-27-28-24(21)17-5-10-20(11-6-17)32(2,30)31;;/h3-15H,2H3,(H,27,28);2*1H. The lowest BCUT2D eigenvalue weighted by Crippen LogP contribution is -1.96. The Bertz CT molecular complexity index is 1600. The number of halogens is 2. The van der Waals surface area contributed by atoms with Crippen molar-refractivity contribution in [2.45, 2.75) is 4.90 Å². The van der Waals surface area contributed by atoms with Crippen molar-refractivity contribution in [3.8, 4) is 33.6 Å². The fraction of sp³-hybridized carbons (Fsp3) is 0.0417. The normalized spacial score (nSPS) is 10.8. The van der Waals surface area contributed by atoms with Crippen LogP contribution in [0.25, 0.3) is 44.1 Å². The Hall–Kier alpha value is -3.64. The summed E-state index contributed by atoms with van der Waals surface area (Å²) in [6.07, 6.45) is 6.75. The Kier molecular flexibility index (Phi) is 7.12. The summed E-state index contributed by atoms with van der Waals surface area (Å²) in [5.74, 6) is 0. The molecule has 0 saturated carbocycles. The quantitative estimate of drug-likeness (QED) is 0.306. The van der Waals surface area contributed by atoms with Gasteiger partial charge < -0.3 is 0 Å². The fourth-order valence-electron chi connectivity index (χ4n) is 3.65. The first kappa shape index (κ1) is 25.0. The molecule has 0 fully saturated rings. The van der Waals surface area contributed by atoms with Crippen LogP contribution in [0, 0.1) is 6.57 Å². The summed E-state index contributed by atoms with van der Waals surface area (Å²) in [6, 6.07) is 18.1. The van der Waals surface area contributed by atoms with E-state index in [1.54, 1.807) is 42.6 Å². The van der Waals surface area contributed by atoms with E-state index >= 15 is 0 Å². The molecule has 3 heterocycles.